The van der Waals surface area contributed by atoms with E-state index in [1.807, 2.05) is 44.2 Å². The highest BCUT2D eigenvalue weighted by Crippen LogP contribution is 2.30. The summed E-state index contributed by atoms with van der Waals surface area (Å²) in [5.74, 6) is -9.66. The van der Waals surface area contributed by atoms with E-state index in [9.17, 15) is 26.7 Å². The van der Waals surface area contributed by atoms with Crippen LogP contribution in [0.2, 0.25) is 0 Å². The Kier molecular flexibility index (Phi) is 14.2. The minimum absolute atomic E-state index is 0.00675. The van der Waals surface area contributed by atoms with Crippen molar-refractivity contribution in [3.63, 3.8) is 0 Å². The van der Waals surface area contributed by atoms with Gasteiger partial charge in [-0.1, -0.05) is 65.0 Å². The van der Waals surface area contributed by atoms with Gasteiger partial charge in [0.15, 0.2) is 23.3 Å². The van der Waals surface area contributed by atoms with Crippen molar-refractivity contribution in [1.29, 1.82) is 0 Å². The molecule has 0 radical (unpaired) electrons. The Morgan fingerprint density at radius 3 is 1.59 bits per heavy atom. The van der Waals surface area contributed by atoms with E-state index < -0.39 is 40.6 Å². The van der Waals surface area contributed by atoms with Gasteiger partial charge in [-0.05, 0) is 67.9 Å². The molecule has 0 spiro atoms. The SMILES string of the molecule is CCC(C)OC(=O)c1ccccc1.CCC(C)c1c(F)c(F)c(F)c(F)c1F.CCC(C)c1ccc(N)cc1. The maximum Gasteiger partial charge on any atom is 0.338 e. The summed E-state index contributed by atoms with van der Waals surface area (Å²) in [6.07, 6.45) is 2.31. The quantitative estimate of drug-likeness (QED) is 0.105. The Morgan fingerprint density at radius 1 is 0.692 bits per heavy atom. The van der Waals surface area contributed by atoms with E-state index in [4.69, 9.17) is 10.5 Å². The highest BCUT2D eigenvalue weighted by molar-refractivity contribution is 5.89. The molecule has 3 nitrogen and oxygen atoms in total. The third-order valence-corrected chi connectivity index (χ3v) is 6.36. The zero-order valence-corrected chi connectivity index (χ0v) is 23.3. The van der Waals surface area contributed by atoms with Crippen LogP contribution >= 0.6 is 0 Å². The van der Waals surface area contributed by atoms with Gasteiger partial charge in [-0.15, -0.1) is 0 Å². The van der Waals surface area contributed by atoms with Gasteiger partial charge in [0.05, 0.1) is 11.7 Å². The van der Waals surface area contributed by atoms with E-state index >= 15 is 0 Å². The summed E-state index contributed by atoms with van der Waals surface area (Å²) in [7, 11) is 0. The van der Waals surface area contributed by atoms with Gasteiger partial charge in [0.2, 0.25) is 5.82 Å². The second-order valence-electron chi connectivity index (χ2n) is 9.26. The predicted octanol–water partition coefficient (Wildman–Crippen LogP) is 9.32. The Hall–Kier alpha value is -3.42. The van der Waals surface area contributed by atoms with Crippen LogP contribution in [0, 0.1) is 29.1 Å². The van der Waals surface area contributed by atoms with Crippen LogP contribution in [0.1, 0.15) is 94.1 Å². The molecule has 0 bridgehead atoms. The van der Waals surface area contributed by atoms with Gasteiger partial charge in [0, 0.05) is 11.3 Å². The van der Waals surface area contributed by atoms with Gasteiger partial charge in [0.25, 0.3) is 0 Å². The number of ether oxygens (including phenoxy) is 1. The molecule has 0 saturated carbocycles. The molecule has 0 aliphatic heterocycles. The number of halogens is 5. The lowest BCUT2D eigenvalue weighted by molar-refractivity contribution is 0.0334. The van der Waals surface area contributed by atoms with E-state index in [2.05, 4.69) is 26.0 Å². The molecule has 3 aromatic carbocycles. The summed E-state index contributed by atoms with van der Waals surface area (Å²) in [6, 6.07) is 17.2. The van der Waals surface area contributed by atoms with E-state index in [1.54, 1.807) is 19.1 Å². The monoisotopic (exact) mass is 551 g/mol. The van der Waals surface area contributed by atoms with Gasteiger partial charge in [-0.3, -0.25) is 0 Å². The number of carbonyl (C=O) groups excluding carboxylic acids is 1. The van der Waals surface area contributed by atoms with Crippen molar-refractivity contribution < 1.29 is 31.5 Å². The Labute approximate surface area is 228 Å². The van der Waals surface area contributed by atoms with Crippen molar-refractivity contribution >= 4 is 11.7 Å². The maximum atomic E-state index is 13.1. The number of hydrogen-bond acceptors (Lipinski definition) is 3. The highest BCUT2D eigenvalue weighted by Gasteiger charge is 2.27. The fourth-order valence-electron chi connectivity index (χ4n) is 3.23. The molecular weight excluding hydrogens is 513 g/mol. The molecule has 0 amide bonds. The largest absolute Gasteiger partial charge is 0.459 e. The smallest absolute Gasteiger partial charge is 0.338 e. The number of benzene rings is 3. The number of rotatable bonds is 7. The number of anilines is 1. The van der Waals surface area contributed by atoms with Gasteiger partial charge in [0.1, 0.15) is 0 Å². The van der Waals surface area contributed by atoms with Crippen molar-refractivity contribution in [3.05, 3.63) is 100 Å². The summed E-state index contributed by atoms with van der Waals surface area (Å²) >= 11 is 0. The van der Waals surface area contributed by atoms with E-state index in [0.29, 0.717) is 17.9 Å². The number of nitrogen functional groups attached to an aromatic ring is 1. The maximum absolute atomic E-state index is 13.1. The molecule has 0 aliphatic carbocycles. The van der Waals surface area contributed by atoms with Crippen molar-refractivity contribution in [3.8, 4) is 0 Å². The van der Waals surface area contributed by atoms with Crippen LogP contribution in [-0.4, -0.2) is 12.1 Å². The van der Waals surface area contributed by atoms with Crippen LogP contribution in [0.5, 0.6) is 0 Å². The number of esters is 1. The first-order valence-corrected chi connectivity index (χ1v) is 13.0. The fourth-order valence-corrected chi connectivity index (χ4v) is 3.23. The molecule has 0 aromatic heterocycles. The molecule has 8 heteroatoms. The topological polar surface area (TPSA) is 52.3 Å². The Bertz CT molecular complexity index is 1140. The van der Waals surface area contributed by atoms with Crippen LogP contribution in [0.4, 0.5) is 27.6 Å². The summed E-state index contributed by atoms with van der Waals surface area (Å²) in [5, 5.41) is 0. The normalized spacial score (nSPS) is 12.7. The van der Waals surface area contributed by atoms with Crippen LogP contribution in [0.3, 0.4) is 0 Å². The third kappa shape index (κ3) is 10.0. The third-order valence-electron chi connectivity index (χ3n) is 6.36. The van der Waals surface area contributed by atoms with Crippen LogP contribution < -0.4 is 5.73 Å². The minimum Gasteiger partial charge on any atom is -0.459 e. The van der Waals surface area contributed by atoms with Crippen molar-refractivity contribution in [2.45, 2.75) is 78.7 Å². The molecule has 0 aliphatic rings. The van der Waals surface area contributed by atoms with Crippen LogP contribution in [0.25, 0.3) is 0 Å². The molecule has 0 saturated heterocycles. The summed E-state index contributed by atoms with van der Waals surface area (Å²) < 4.78 is 69.5. The zero-order chi connectivity index (χ0) is 29.7. The second-order valence-corrected chi connectivity index (χ2v) is 9.26. The van der Waals surface area contributed by atoms with E-state index in [1.165, 1.54) is 18.9 Å². The van der Waals surface area contributed by atoms with E-state index in [-0.39, 0.29) is 12.1 Å². The molecule has 214 valence electrons. The first-order valence-electron chi connectivity index (χ1n) is 13.0. The Balaban J connectivity index is 0.000000296. The molecule has 3 rings (SSSR count). The van der Waals surface area contributed by atoms with Gasteiger partial charge < -0.3 is 10.5 Å². The zero-order valence-electron chi connectivity index (χ0n) is 23.3. The molecule has 3 atom stereocenters. The molecule has 0 fully saturated rings. The lowest BCUT2D eigenvalue weighted by Gasteiger charge is -2.12. The van der Waals surface area contributed by atoms with Gasteiger partial charge in [-0.2, -0.15) is 0 Å². The molecule has 39 heavy (non-hydrogen) atoms. The predicted molar refractivity (Wildman–Crippen MR) is 146 cm³/mol. The fraction of sp³-hybridized carbons (Fsp3) is 0.387. The number of carbonyl (C=O) groups is 1. The average Bonchev–Trinajstić information content (AvgIpc) is 2.96. The van der Waals surface area contributed by atoms with Crippen LogP contribution in [-0.2, 0) is 4.74 Å². The second kappa shape index (κ2) is 16.5. The van der Waals surface area contributed by atoms with Crippen molar-refractivity contribution in [1.82, 2.24) is 0 Å². The Morgan fingerprint density at radius 2 is 1.15 bits per heavy atom. The molecule has 2 N–H and O–H groups in total. The summed E-state index contributed by atoms with van der Waals surface area (Å²) in [5.41, 5.74) is 7.66. The minimum atomic E-state index is -2.11. The first kappa shape index (κ1) is 33.6. The lowest BCUT2D eigenvalue weighted by atomic mass is 9.97. The standard InChI is InChI=1S/C11H14O2.C10H9F5.C10H15N/c1-3-9(2)13-11(12)10-7-5-4-6-8-10;1-3-4(2)5-6(11)8(13)10(15)9(14)7(5)12;1-3-8(2)9-4-6-10(11)7-5-9/h4-9H,3H2,1-2H3;4H,3H2,1-2H3;4-8H,3,11H2,1-2H3. The number of hydrogen-bond donors (Lipinski definition) is 1. The first-order chi connectivity index (χ1) is 18.4. The van der Waals surface area contributed by atoms with Crippen LogP contribution in [0.15, 0.2) is 54.6 Å². The van der Waals surface area contributed by atoms with Gasteiger partial charge >= 0.3 is 5.97 Å². The van der Waals surface area contributed by atoms with Crippen molar-refractivity contribution in [2.75, 3.05) is 5.73 Å². The molecular formula is C31H38F5NO2. The average molecular weight is 552 g/mol. The summed E-state index contributed by atoms with van der Waals surface area (Å²) in [4.78, 5) is 11.4. The highest BCUT2D eigenvalue weighted by atomic mass is 19.2. The number of nitrogens with two attached hydrogens (primary N) is 1. The molecule has 0 heterocycles. The molecule has 3 unspecified atom stereocenters. The lowest BCUT2D eigenvalue weighted by Crippen LogP contribution is -2.13. The molecule has 3 aromatic rings. The summed E-state index contributed by atoms with van der Waals surface area (Å²) in [6.45, 7) is 11.3. The van der Waals surface area contributed by atoms with Gasteiger partial charge in [-0.25, -0.2) is 26.7 Å². The van der Waals surface area contributed by atoms with E-state index in [0.717, 1.165) is 12.1 Å². The van der Waals surface area contributed by atoms with Crippen molar-refractivity contribution in [2.24, 2.45) is 0 Å².